The van der Waals surface area contributed by atoms with E-state index in [0.717, 1.165) is 30.0 Å². The van der Waals surface area contributed by atoms with Crippen molar-refractivity contribution in [2.24, 2.45) is 0 Å². The Balaban J connectivity index is 2.24. The van der Waals surface area contributed by atoms with Gasteiger partial charge in [0.15, 0.2) is 5.82 Å². The molecule has 0 unspecified atom stereocenters. The number of rotatable bonds is 5. The van der Waals surface area contributed by atoms with Crippen molar-refractivity contribution in [2.45, 2.75) is 39.7 Å². The van der Waals surface area contributed by atoms with Crippen LogP contribution in [0.1, 0.15) is 38.8 Å². The minimum Gasteiger partial charge on any atom is -0.323 e. The summed E-state index contributed by atoms with van der Waals surface area (Å²) in [6, 6.07) is 2.26. The van der Waals surface area contributed by atoms with Gasteiger partial charge >= 0.3 is 0 Å². The molecular formula is C13H18ClN5. The van der Waals surface area contributed by atoms with E-state index in [4.69, 9.17) is 11.6 Å². The van der Waals surface area contributed by atoms with Gasteiger partial charge in [-0.3, -0.25) is 4.68 Å². The van der Waals surface area contributed by atoms with Gasteiger partial charge in [-0.1, -0.05) is 24.9 Å². The lowest BCUT2D eigenvalue weighted by Gasteiger charge is -2.09. The van der Waals surface area contributed by atoms with E-state index in [0.29, 0.717) is 11.2 Å². The van der Waals surface area contributed by atoms with Crippen LogP contribution in [0, 0.1) is 0 Å². The second-order valence-corrected chi connectivity index (χ2v) is 5.00. The molecule has 0 spiro atoms. The third kappa shape index (κ3) is 3.23. The van der Waals surface area contributed by atoms with Crippen molar-refractivity contribution in [3.63, 3.8) is 0 Å². The zero-order chi connectivity index (χ0) is 13.8. The maximum Gasteiger partial charge on any atom is 0.153 e. The number of halogens is 1. The summed E-state index contributed by atoms with van der Waals surface area (Å²) < 4.78 is 1.89. The summed E-state index contributed by atoms with van der Waals surface area (Å²) in [6.07, 6.45) is 5.23. The molecule has 0 fully saturated rings. The van der Waals surface area contributed by atoms with Gasteiger partial charge in [0.05, 0.1) is 0 Å². The summed E-state index contributed by atoms with van der Waals surface area (Å²) in [6.45, 7) is 6.27. The Bertz CT molecular complexity index is 550. The Kier molecular flexibility index (Phi) is 4.37. The predicted octanol–water partition coefficient (Wildman–Crippen LogP) is 3.60. The van der Waals surface area contributed by atoms with E-state index in [1.54, 1.807) is 0 Å². The zero-order valence-electron chi connectivity index (χ0n) is 11.4. The average molecular weight is 280 g/mol. The molecule has 0 aliphatic heterocycles. The fraction of sp³-hybridized carbons (Fsp3) is 0.462. The summed E-state index contributed by atoms with van der Waals surface area (Å²) >= 11 is 6.11. The fourth-order valence-corrected chi connectivity index (χ4v) is 2.01. The Morgan fingerprint density at radius 3 is 2.79 bits per heavy atom. The van der Waals surface area contributed by atoms with Gasteiger partial charge in [-0.05, 0) is 20.3 Å². The number of anilines is 2. The van der Waals surface area contributed by atoms with Gasteiger partial charge in [-0.15, -0.1) is 0 Å². The summed E-state index contributed by atoms with van der Waals surface area (Å²) in [7, 11) is 0. The Hall–Kier alpha value is -1.62. The molecule has 102 valence electrons. The van der Waals surface area contributed by atoms with Gasteiger partial charge in [0, 0.05) is 23.9 Å². The van der Waals surface area contributed by atoms with Crippen LogP contribution < -0.4 is 5.32 Å². The van der Waals surface area contributed by atoms with Gasteiger partial charge in [-0.25, -0.2) is 9.97 Å². The first kappa shape index (κ1) is 13.8. The zero-order valence-corrected chi connectivity index (χ0v) is 12.1. The van der Waals surface area contributed by atoms with E-state index in [9.17, 15) is 0 Å². The van der Waals surface area contributed by atoms with E-state index in [1.807, 2.05) is 16.9 Å². The quantitative estimate of drug-likeness (QED) is 0.850. The molecule has 2 aromatic heterocycles. The summed E-state index contributed by atoms with van der Waals surface area (Å²) in [5.74, 6) is 1.50. The number of aromatic nitrogens is 4. The van der Waals surface area contributed by atoms with Crippen LogP contribution in [0.15, 0.2) is 18.6 Å². The van der Waals surface area contributed by atoms with Crippen molar-refractivity contribution >= 4 is 23.2 Å². The van der Waals surface area contributed by atoms with Crippen LogP contribution in [-0.2, 0) is 6.42 Å². The third-order valence-corrected chi connectivity index (χ3v) is 3.10. The van der Waals surface area contributed by atoms with Crippen LogP contribution in [0.25, 0.3) is 0 Å². The minimum absolute atomic E-state index is 0.333. The maximum absolute atomic E-state index is 6.11. The highest BCUT2D eigenvalue weighted by Gasteiger charge is 2.10. The Morgan fingerprint density at radius 1 is 1.37 bits per heavy atom. The predicted molar refractivity (Wildman–Crippen MR) is 76.9 cm³/mol. The van der Waals surface area contributed by atoms with E-state index in [2.05, 4.69) is 41.2 Å². The van der Waals surface area contributed by atoms with Crippen LogP contribution in [0.2, 0.25) is 5.15 Å². The maximum atomic E-state index is 6.11. The van der Waals surface area contributed by atoms with Gasteiger partial charge < -0.3 is 5.32 Å². The standard InChI is InChI=1S/C13H18ClN5/c1-4-5-10-12(14)15-8-16-13(10)17-11-6-7-19(18-11)9(2)3/h6-9H,4-5H2,1-3H3,(H,15,16,17,18). The first-order chi connectivity index (χ1) is 9.11. The molecule has 0 radical (unpaired) electrons. The molecule has 0 aromatic carbocycles. The molecule has 2 aromatic rings. The molecule has 0 atom stereocenters. The second-order valence-electron chi connectivity index (χ2n) is 4.64. The minimum atomic E-state index is 0.333. The van der Waals surface area contributed by atoms with Crippen LogP contribution in [0.5, 0.6) is 0 Å². The Labute approximate surface area is 118 Å². The van der Waals surface area contributed by atoms with Gasteiger partial charge in [0.25, 0.3) is 0 Å². The summed E-state index contributed by atoms with van der Waals surface area (Å²) in [5, 5.41) is 8.15. The molecule has 0 bridgehead atoms. The molecule has 0 saturated heterocycles. The SMILES string of the molecule is CCCc1c(Cl)ncnc1Nc1ccn(C(C)C)n1. The molecule has 6 heteroatoms. The highest BCUT2D eigenvalue weighted by molar-refractivity contribution is 6.30. The van der Waals surface area contributed by atoms with Crippen molar-refractivity contribution in [2.75, 3.05) is 5.32 Å². The van der Waals surface area contributed by atoms with Crippen LogP contribution in [0.3, 0.4) is 0 Å². The largest absolute Gasteiger partial charge is 0.323 e. The number of nitrogens with zero attached hydrogens (tertiary/aromatic N) is 4. The normalized spacial score (nSPS) is 11.0. The van der Waals surface area contributed by atoms with Crippen molar-refractivity contribution in [1.29, 1.82) is 0 Å². The molecule has 1 N–H and O–H groups in total. The highest BCUT2D eigenvalue weighted by Crippen LogP contribution is 2.24. The van der Waals surface area contributed by atoms with Crippen molar-refractivity contribution in [3.8, 4) is 0 Å². The van der Waals surface area contributed by atoms with Gasteiger partial charge in [-0.2, -0.15) is 5.10 Å². The van der Waals surface area contributed by atoms with Crippen molar-refractivity contribution in [1.82, 2.24) is 19.7 Å². The average Bonchev–Trinajstić information content (AvgIpc) is 2.82. The fourth-order valence-electron chi connectivity index (χ4n) is 1.78. The number of nitrogens with one attached hydrogen (secondary N) is 1. The first-order valence-corrected chi connectivity index (χ1v) is 6.81. The van der Waals surface area contributed by atoms with Crippen molar-refractivity contribution in [3.05, 3.63) is 29.3 Å². The highest BCUT2D eigenvalue weighted by atomic mass is 35.5. The van der Waals surface area contributed by atoms with Gasteiger partial charge in [0.2, 0.25) is 0 Å². The molecule has 2 heterocycles. The van der Waals surface area contributed by atoms with E-state index in [1.165, 1.54) is 6.33 Å². The molecular weight excluding hydrogens is 262 g/mol. The lowest BCUT2D eigenvalue weighted by molar-refractivity contribution is 0.534. The summed E-state index contributed by atoms with van der Waals surface area (Å²) in [4.78, 5) is 8.27. The molecule has 5 nitrogen and oxygen atoms in total. The lowest BCUT2D eigenvalue weighted by atomic mass is 10.2. The number of hydrogen-bond acceptors (Lipinski definition) is 4. The van der Waals surface area contributed by atoms with E-state index in [-0.39, 0.29) is 0 Å². The van der Waals surface area contributed by atoms with Crippen LogP contribution >= 0.6 is 11.6 Å². The third-order valence-electron chi connectivity index (χ3n) is 2.78. The molecule has 0 saturated carbocycles. The molecule has 0 amide bonds. The second kappa shape index (κ2) is 6.02. The topological polar surface area (TPSA) is 55.6 Å². The smallest absolute Gasteiger partial charge is 0.153 e. The van der Waals surface area contributed by atoms with Crippen molar-refractivity contribution < 1.29 is 0 Å². The molecule has 2 rings (SSSR count). The van der Waals surface area contributed by atoms with E-state index >= 15 is 0 Å². The Morgan fingerprint density at radius 2 is 2.16 bits per heavy atom. The molecule has 0 aliphatic carbocycles. The molecule has 0 aliphatic rings. The lowest BCUT2D eigenvalue weighted by Crippen LogP contribution is -2.04. The van der Waals surface area contributed by atoms with Gasteiger partial charge in [0.1, 0.15) is 17.3 Å². The summed E-state index contributed by atoms with van der Waals surface area (Å²) in [5.41, 5.74) is 0.936. The monoisotopic (exact) mass is 279 g/mol. The van der Waals surface area contributed by atoms with E-state index < -0.39 is 0 Å². The first-order valence-electron chi connectivity index (χ1n) is 6.43. The van der Waals surface area contributed by atoms with Crippen LogP contribution in [0.4, 0.5) is 11.6 Å². The number of hydrogen-bond donors (Lipinski definition) is 1. The van der Waals surface area contributed by atoms with Crippen LogP contribution in [-0.4, -0.2) is 19.7 Å². The molecule has 19 heavy (non-hydrogen) atoms.